The quantitative estimate of drug-likeness (QED) is 0.678. The maximum atomic E-state index is 2.35. The van der Waals surface area contributed by atoms with Crippen molar-refractivity contribution in [3.05, 3.63) is 40.5 Å². The molecule has 0 aromatic heterocycles. The summed E-state index contributed by atoms with van der Waals surface area (Å²) in [5.74, 6) is 0.810. The maximum Gasteiger partial charge on any atom is 0.0164 e. The van der Waals surface area contributed by atoms with Gasteiger partial charge in [-0.3, -0.25) is 0 Å². The Kier molecular flexibility index (Phi) is 3.67. The molecule has 1 aliphatic rings. The zero-order chi connectivity index (χ0) is 12.6. The lowest BCUT2D eigenvalue weighted by Gasteiger charge is -2.14. The van der Waals surface area contributed by atoms with Gasteiger partial charge in [0.2, 0.25) is 0 Å². The number of aryl methyl sites for hydroxylation is 2. The summed E-state index contributed by atoms with van der Waals surface area (Å²) in [6.07, 6.45) is 5.89. The van der Waals surface area contributed by atoms with E-state index in [0.717, 1.165) is 11.2 Å². The summed E-state index contributed by atoms with van der Waals surface area (Å²) in [6, 6.07) is 2.31. The molecule has 0 aliphatic heterocycles. The molecule has 1 aliphatic carbocycles. The lowest BCUT2D eigenvalue weighted by molar-refractivity contribution is 1.11. The molecular weight excluding hydrogens is 224 g/mol. The fraction of sp³-hybridized carbons (Fsp3) is 0.500. The molecule has 2 rings (SSSR count). The van der Waals surface area contributed by atoms with E-state index in [4.69, 9.17) is 0 Å². The predicted molar refractivity (Wildman–Crippen MR) is 78.0 cm³/mol. The van der Waals surface area contributed by atoms with Gasteiger partial charge in [-0.15, -0.1) is 11.8 Å². The van der Waals surface area contributed by atoms with Crippen molar-refractivity contribution in [3.8, 4) is 0 Å². The van der Waals surface area contributed by atoms with Crippen molar-refractivity contribution in [2.75, 3.05) is 0 Å². The van der Waals surface area contributed by atoms with Gasteiger partial charge in [-0.1, -0.05) is 18.2 Å². The van der Waals surface area contributed by atoms with Gasteiger partial charge in [-0.05, 0) is 69.2 Å². The number of allylic oxidation sites excluding steroid dienone is 2. The lowest BCUT2D eigenvalue weighted by atomic mass is 10.0. The van der Waals surface area contributed by atoms with Crippen LogP contribution in [0.25, 0.3) is 0 Å². The van der Waals surface area contributed by atoms with Crippen molar-refractivity contribution in [1.29, 1.82) is 0 Å². The molecule has 0 heterocycles. The molecule has 0 amide bonds. The molecule has 1 fully saturated rings. The van der Waals surface area contributed by atoms with Gasteiger partial charge in [-0.2, -0.15) is 0 Å². The summed E-state index contributed by atoms with van der Waals surface area (Å²) in [6.45, 7) is 11.1. The first-order valence-corrected chi connectivity index (χ1v) is 7.29. The average molecular weight is 246 g/mol. The van der Waals surface area contributed by atoms with E-state index in [-0.39, 0.29) is 0 Å². The zero-order valence-corrected chi connectivity index (χ0v) is 12.3. The van der Waals surface area contributed by atoms with Gasteiger partial charge in [0.15, 0.2) is 0 Å². The highest BCUT2D eigenvalue weighted by atomic mass is 32.2. The van der Waals surface area contributed by atoms with E-state index in [2.05, 4.69) is 64.6 Å². The minimum absolute atomic E-state index is 0.810. The van der Waals surface area contributed by atoms with Crippen LogP contribution in [0.5, 0.6) is 0 Å². The number of thioether (sulfide) groups is 1. The largest absolute Gasteiger partial charge is 0.122 e. The first-order valence-electron chi connectivity index (χ1n) is 6.41. The van der Waals surface area contributed by atoms with Crippen LogP contribution in [0.1, 0.15) is 35.6 Å². The Morgan fingerprint density at radius 3 is 2.24 bits per heavy atom. The Morgan fingerprint density at radius 2 is 1.71 bits per heavy atom. The molecule has 92 valence electrons. The van der Waals surface area contributed by atoms with Crippen molar-refractivity contribution >= 4 is 11.8 Å². The van der Waals surface area contributed by atoms with E-state index >= 15 is 0 Å². The number of hydrogen-bond donors (Lipinski definition) is 0. The van der Waals surface area contributed by atoms with Gasteiger partial charge in [0.1, 0.15) is 0 Å². The van der Waals surface area contributed by atoms with E-state index in [9.17, 15) is 0 Å². The van der Waals surface area contributed by atoms with Crippen molar-refractivity contribution in [1.82, 2.24) is 0 Å². The third kappa shape index (κ3) is 2.60. The minimum atomic E-state index is 0.810. The molecule has 0 spiro atoms. The fourth-order valence-electron chi connectivity index (χ4n) is 2.28. The lowest BCUT2D eigenvalue weighted by Crippen LogP contribution is -1.94. The smallest absolute Gasteiger partial charge is 0.0164 e. The standard InChI is InChI=1S/C16H22S/c1-6-7-14-9-15(14)17-16-12(4)10(2)8-11(3)13(16)5/h6-8,14-15H,9H2,1-5H3/b7-6+/t14-,15+/m0/s1. The van der Waals surface area contributed by atoms with Gasteiger partial charge in [0.25, 0.3) is 0 Å². The molecule has 0 nitrogen and oxygen atoms in total. The SMILES string of the molecule is C/C=C/[C@H]1C[C@H]1Sc1c(C)c(C)cc(C)c1C. The van der Waals surface area contributed by atoms with E-state index in [0.29, 0.717) is 0 Å². The Bertz CT molecular complexity index is 431. The number of hydrogen-bond acceptors (Lipinski definition) is 1. The molecule has 0 bridgehead atoms. The maximum absolute atomic E-state index is 2.35. The van der Waals surface area contributed by atoms with Gasteiger partial charge in [-0.25, -0.2) is 0 Å². The summed E-state index contributed by atoms with van der Waals surface area (Å²) in [7, 11) is 0. The van der Waals surface area contributed by atoms with Crippen LogP contribution in [0.4, 0.5) is 0 Å². The zero-order valence-electron chi connectivity index (χ0n) is 11.5. The third-order valence-electron chi connectivity index (χ3n) is 3.78. The summed E-state index contributed by atoms with van der Waals surface area (Å²) < 4.78 is 0. The molecule has 17 heavy (non-hydrogen) atoms. The first kappa shape index (κ1) is 12.8. The van der Waals surface area contributed by atoms with Gasteiger partial charge < -0.3 is 0 Å². The van der Waals surface area contributed by atoms with Crippen LogP contribution in [0.15, 0.2) is 23.1 Å². The Balaban J connectivity index is 2.22. The van der Waals surface area contributed by atoms with Crippen LogP contribution in [0, 0.1) is 33.6 Å². The summed E-state index contributed by atoms with van der Waals surface area (Å²) >= 11 is 2.09. The molecule has 0 N–H and O–H groups in total. The monoisotopic (exact) mass is 246 g/mol. The van der Waals surface area contributed by atoms with Crippen molar-refractivity contribution < 1.29 is 0 Å². The molecular formula is C16H22S. The van der Waals surface area contributed by atoms with Crippen LogP contribution in [-0.2, 0) is 0 Å². The summed E-state index contributed by atoms with van der Waals surface area (Å²) in [5.41, 5.74) is 5.81. The van der Waals surface area contributed by atoms with Gasteiger partial charge in [0.05, 0.1) is 0 Å². The fourth-order valence-corrected chi connectivity index (χ4v) is 3.85. The summed E-state index contributed by atoms with van der Waals surface area (Å²) in [4.78, 5) is 1.53. The number of rotatable bonds is 3. The van der Waals surface area contributed by atoms with Crippen molar-refractivity contribution in [2.24, 2.45) is 5.92 Å². The molecule has 0 radical (unpaired) electrons. The molecule has 1 aromatic carbocycles. The van der Waals surface area contributed by atoms with E-state index < -0.39 is 0 Å². The highest BCUT2D eigenvalue weighted by Crippen LogP contribution is 2.48. The molecule has 0 saturated heterocycles. The minimum Gasteiger partial charge on any atom is -0.122 e. The van der Waals surface area contributed by atoms with Crippen LogP contribution >= 0.6 is 11.8 Å². The second-order valence-corrected chi connectivity index (χ2v) is 6.42. The molecule has 1 saturated carbocycles. The van der Waals surface area contributed by atoms with Gasteiger partial charge in [0, 0.05) is 10.1 Å². The normalized spacial score (nSPS) is 23.4. The summed E-state index contributed by atoms with van der Waals surface area (Å²) in [5, 5.41) is 0.810. The third-order valence-corrected chi connectivity index (χ3v) is 5.48. The average Bonchev–Trinajstić information content (AvgIpc) is 3.01. The first-order chi connectivity index (χ1) is 8.04. The predicted octanol–water partition coefficient (Wildman–Crippen LogP) is 4.98. The van der Waals surface area contributed by atoms with E-state index in [1.165, 1.54) is 33.6 Å². The molecule has 1 heteroatoms. The Labute approximate surface area is 110 Å². The van der Waals surface area contributed by atoms with E-state index in [1.54, 1.807) is 0 Å². The molecule has 1 aromatic rings. The van der Waals surface area contributed by atoms with Gasteiger partial charge >= 0.3 is 0 Å². The number of benzene rings is 1. The van der Waals surface area contributed by atoms with Crippen molar-refractivity contribution in [2.45, 2.75) is 51.2 Å². The second kappa shape index (κ2) is 4.89. The Morgan fingerprint density at radius 1 is 1.12 bits per heavy atom. The topological polar surface area (TPSA) is 0 Å². The molecule has 0 unspecified atom stereocenters. The van der Waals surface area contributed by atoms with Crippen molar-refractivity contribution in [3.63, 3.8) is 0 Å². The van der Waals surface area contributed by atoms with Crippen LogP contribution < -0.4 is 0 Å². The van der Waals surface area contributed by atoms with Crippen LogP contribution in [-0.4, -0.2) is 5.25 Å². The van der Waals surface area contributed by atoms with Crippen LogP contribution in [0.3, 0.4) is 0 Å². The Hall–Kier alpha value is -0.690. The highest BCUT2D eigenvalue weighted by molar-refractivity contribution is 8.00. The molecule has 2 atom stereocenters. The second-order valence-electron chi connectivity index (χ2n) is 5.17. The highest BCUT2D eigenvalue weighted by Gasteiger charge is 2.36. The van der Waals surface area contributed by atoms with Crippen LogP contribution in [0.2, 0.25) is 0 Å². The van der Waals surface area contributed by atoms with E-state index in [1.807, 2.05) is 0 Å².